The van der Waals surface area contributed by atoms with Crippen LogP contribution in [-0.4, -0.2) is 85.2 Å². The molecule has 1 aliphatic rings. The average Bonchev–Trinajstić information content (AvgIpc) is 3.32. The predicted octanol–water partition coefficient (Wildman–Crippen LogP) is 12.5. The number of nitrogens with zero attached hydrogens (tertiary/aromatic N) is 2. The van der Waals surface area contributed by atoms with Crippen LogP contribution >= 0.6 is 24.0 Å². The monoisotopic (exact) mass is 1040 g/mol. The van der Waals surface area contributed by atoms with Gasteiger partial charge in [0.15, 0.2) is 17.4 Å². The van der Waals surface area contributed by atoms with E-state index in [4.69, 9.17) is 17.0 Å². The number of thioether (sulfide) groups is 1. The van der Waals surface area contributed by atoms with Gasteiger partial charge in [0.25, 0.3) is 0 Å². The topological polar surface area (TPSA) is 136 Å². The largest absolute Gasteiger partial charge is 0.748 e. The lowest BCUT2D eigenvalue weighted by Crippen LogP contribution is -2.50. The second-order valence-electron chi connectivity index (χ2n) is 21.2. The zero-order chi connectivity index (χ0) is 52.9. The van der Waals surface area contributed by atoms with Crippen LogP contribution in [0.25, 0.3) is 0 Å². The molecule has 0 saturated heterocycles. The maximum atomic E-state index is 17.0. The van der Waals surface area contributed by atoms with Gasteiger partial charge < -0.3 is 19.1 Å². The summed E-state index contributed by atoms with van der Waals surface area (Å²) in [7, 11) is -0.497. The quantitative estimate of drug-likeness (QED) is 0.0211. The number of allylic oxidation sites excluding steroid dienone is 4. The van der Waals surface area contributed by atoms with Crippen molar-refractivity contribution < 1.29 is 49.3 Å². The van der Waals surface area contributed by atoms with Crippen LogP contribution in [0, 0.1) is 74.0 Å². The summed E-state index contributed by atoms with van der Waals surface area (Å²) in [6.07, 6.45) is 10.7. The van der Waals surface area contributed by atoms with Crippen LogP contribution in [0.3, 0.4) is 0 Å². The first kappa shape index (κ1) is 60.7. The molecule has 0 aromatic heterocycles. The van der Waals surface area contributed by atoms with E-state index in [0.29, 0.717) is 59.4 Å². The van der Waals surface area contributed by atoms with E-state index in [9.17, 15) is 27.8 Å². The number of carbonyl (C=O) groups is 2. The molecule has 2 aromatic carbocycles. The molecule has 2 aromatic rings. The fourth-order valence-electron chi connectivity index (χ4n) is 9.75. The summed E-state index contributed by atoms with van der Waals surface area (Å²) in [4.78, 5) is 28.0. The van der Waals surface area contributed by atoms with Gasteiger partial charge in [-0.1, -0.05) is 127 Å². The van der Waals surface area contributed by atoms with Crippen molar-refractivity contribution >= 4 is 50.0 Å². The maximum Gasteiger partial charge on any atom is 0.226 e. The Morgan fingerprint density at radius 1 is 0.929 bits per heavy atom. The van der Waals surface area contributed by atoms with Gasteiger partial charge in [-0.15, -0.1) is 0 Å². The number of ether oxygens (including phenoxy) is 1. The lowest BCUT2D eigenvalue weighted by molar-refractivity contribution is -0.890. The number of nitriles is 1. The van der Waals surface area contributed by atoms with E-state index in [-0.39, 0.29) is 62.2 Å². The third-order valence-corrected chi connectivity index (χ3v) is 18.3. The summed E-state index contributed by atoms with van der Waals surface area (Å²) in [5.74, 6) is -10.4. The van der Waals surface area contributed by atoms with Crippen molar-refractivity contribution in [3.63, 3.8) is 0 Å². The summed E-state index contributed by atoms with van der Waals surface area (Å²) in [5, 5.41) is 13.5. The van der Waals surface area contributed by atoms with E-state index in [1.54, 1.807) is 44.2 Å². The molecule has 1 aliphatic carbocycles. The molecule has 0 bridgehead atoms. The highest BCUT2D eigenvalue weighted by atomic mass is 32.2. The number of amides is 1. The molecule has 0 heterocycles. The van der Waals surface area contributed by atoms with Gasteiger partial charge in [0.1, 0.15) is 0 Å². The number of halogens is 4. The smallest absolute Gasteiger partial charge is 0.226 e. The Balaban J connectivity index is 2.05. The van der Waals surface area contributed by atoms with E-state index in [1.165, 1.54) is 0 Å². The molecule has 7 unspecified atom stereocenters. The average molecular weight is 1040 g/mol. The van der Waals surface area contributed by atoms with Gasteiger partial charge in [-0.25, -0.2) is 17.2 Å². The van der Waals surface area contributed by atoms with E-state index in [1.807, 2.05) is 86.9 Å². The van der Waals surface area contributed by atoms with Crippen LogP contribution < -0.4 is 10.1 Å². The Morgan fingerprint density at radius 3 is 2.09 bits per heavy atom. The second kappa shape index (κ2) is 25.9. The number of rotatable bonds is 29. The van der Waals surface area contributed by atoms with E-state index >= 15 is 17.6 Å². The van der Waals surface area contributed by atoms with Crippen molar-refractivity contribution in [1.29, 1.82) is 5.26 Å². The molecule has 0 radical (unpaired) electrons. The Bertz CT molecular complexity index is 2310. The minimum Gasteiger partial charge on any atom is -0.748 e. The third kappa shape index (κ3) is 15.4. The van der Waals surface area contributed by atoms with E-state index < -0.39 is 89.9 Å². The van der Waals surface area contributed by atoms with Crippen molar-refractivity contribution in [3.05, 3.63) is 89.0 Å². The molecular formula is C54H77F4N3O6S3. The van der Waals surface area contributed by atoms with Gasteiger partial charge in [0.2, 0.25) is 22.7 Å². The molecule has 7 atom stereocenters. The molecule has 1 N–H and O–H groups in total. The summed E-state index contributed by atoms with van der Waals surface area (Å²) in [5.41, 5.74) is -4.54. The van der Waals surface area contributed by atoms with E-state index in [0.717, 1.165) is 11.8 Å². The highest BCUT2D eigenvalue weighted by molar-refractivity contribution is 8.14. The van der Waals surface area contributed by atoms with Gasteiger partial charge in [-0.05, 0) is 81.5 Å². The van der Waals surface area contributed by atoms with Gasteiger partial charge in [0, 0.05) is 58.7 Å². The summed E-state index contributed by atoms with van der Waals surface area (Å²) in [6.45, 7) is 17.6. The minimum atomic E-state index is -4.34. The molecule has 0 aliphatic heterocycles. The summed E-state index contributed by atoms with van der Waals surface area (Å²) < 4.78 is 106. The Morgan fingerprint density at radius 2 is 1.54 bits per heavy atom. The van der Waals surface area contributed by atoms with Crippen molar-refractivity contribution in [2.45, 2.75) is 126 Å². The van der Waals surface area contributed by atoms with Crippen LogP contribution in [0.15, 0.2) is 54.6 Å². The standard InChI is InChI=1S/C54H77F4N3O6S3/c1-12-52(7,51(5,6)36-59)35-41(42-43(55)45(57)47(46(58)44(42)56)67-31-20-21-32-69-49(62)40-26-18-15-19-27-40)53(8,13-2)37(3)34-54(9,38(4)48(68)39-24-16-14-17-25-39)50(63)60-28-22-29-61(10,11)30-23-33-70(64,65)66/h14-19,24,26-27,37-39,41H,12-13,20-23,25,28-35H2,1-11H3,(H-,60,63,64,65,66). The van der Waals surface area contributed by atoms with Crippen molar-refractivity contribution in [1.82, 2.24) is 5.32 Å². The number of benzene rings is 2. The first-order chi connectivity index (χ1) is 32.6. The van der Waals surface area contributed by atoms with Crippen molar-refractivity contribution in [2.24, 2.45) is 39.4 Å². The summed E-state index contributed by atoms with van der Waals surface area (Å²) in [6, 6.07) is 11.1. The number of nitrogens with one attached hydrogen (secondary N) is 1. The van der Waals surface area contributed by atoms with Crippen molar-refractivity contribution in [2.75, 3.05) is 51.8 Å². The number of unbranched alkanes of at least 4 members (excludes halogenated alkanes) is 1. The Kier molecular flexibility index (Phi) is 22.4. The molecule has 0 spiro atoms. The highest BCUT2D eigenvalue weighted by Crippen LogP contribution is 2.58. The molecule has 16 heteroatoms. The third-order valence-electron chi connectivity index (χ3n) is 15.9. The van der Waals surface area contributed by atoms with E-state index in [2.05, 4.69) is 11.4 Å². The van der Waals surface area contributed by atoms with Crippen LogP contribution in [0.1, 0.15) is 142 Å². The zero-order valence-electron chi connectivity index (χ0n) is 43.2. The number of carbonyl (C=O) groups excluding carboxylic acids is 2. The van der Waals surface area contributed by atoms with Crippen molar-refractivity contribution in [3.8, 4) is 11.8 Å². The second-order valence-corrected chi connectivity index (χ2v) is 24.3. The Labute approximate surface area is 426 Å². The van der Waals surface area contributed by atoms with Crippen LogP contribution in [-0.2, 0) is 14.9 Å². The SMILES string of the molecule is CCC(C)(C(C)CC(C)(C(=O)NCCC[N+](C)(C)CCCS(=O)(=O)[O-])C(C)C(=S)C1C=CC=CC1)C(CC(C)(CC)C(C)(C)C#N)c1c(F)c(F)c(OCCCCSC(=O)c2ccccc2)c(F)c1F. The van der Waals surface area contributed by atoms with Crippen LogP contribution in [0.2, 0.25) is 0 Å². The number of hydrogen-bond acceptors (Lipinski definition) is 9. The zero-order valence-corrected chi connectivity index (χ0v) is 45.6. The molecule has 70 heavy (non-hydrogen) atoms. The molecule has 9 nitrogen and oxygen atoms in total. The number of quaternary nitrogens is 1. The van der Waals surface area contributed by atoms with Gasteiger partial charge in [-0.2, -0.15) is 14.0 Å². The van der Waals surface area contributed by atoms with Gasteiger partial charge in [0.05, 0.1) is 60.8 Å². The predicted molar refractivity (Wildman–Crippen MR) is 276 cm³/mol. The fraction of sp³-hybridized carbons (Fsp3) is 0.630. The van der Waals surface area contributed by atoms with Crippen LogP contribution in [0.5, 0.6) is 5.75 Å². The first-order valence-electron chi connectivity index (χ1n) is 24.6. The Hall–Kier alpha value is -3.62. The molecule has 0 fully saturated rings. The number of hydrogen-bond donors (Lipinski definition) is 1. The summed E-state index contributed by atoms with van der Waals surface area (Å²) >= 11 is 7.23. The molecule has 3 rings (SSSR count). The lowest BCUT2D eigenvalue weighted by Gasteiger charge is -2.50. The minimum absolute atomic E-state index is 0.0319. The molecular weight excluding hydrogens is 959 g/mol. The van der Waals surface area contributed by atoms with Gasteiger partial charge >= 0.3 is 0 Å². The fourth-order valence-corrected chi connectivity index (χ4v) is 11.5. The van der Waals surface area contributed by atoms with Gasteiger partial charge in [-0.3, -0.25) is 9.59 Å². The molecule has 1 amide bonds. The first-order valence-corrected chi connectivity index (χ1v) is 27.6. The molecule has 390 valence electrons. The maximum absolute atomic E-state index is 17.0. The molecule has 0 saturated carbocycles. The highest BCUT2D eigenvalue weighted by Gasteiger charge is 2.52. The number of thiocarbonyl (C=S) groups is 1. The van der Waals surface area contributed by atoms with Crippen LogP contribution in [0.4, 0.5) is 17.6 Å². The lowest BCUT2D eigenvalue weighted by atomic mass is 9.53. The normalized spacial score (nSPS) is 18.1.